The lowest BCUT2D eigenvalue weighted by Crippen LogP contribution is -2.32. The number of unbranched alkanes of at least 4 members (excludes halogenated alkanes) is 31. The molecule has 5 atom stereocenters. The van der Waals surface area contributed by atoms with Crippen molar-refractivity contribution in [3.8, 4) is 0 Å². The number of Topliss-reactive ketones (excluding diaryl/α,β-unsaturated/α-hetero) is 1. The zero-order valence-electron chi connectivity index (χ0n) is 51.3. The van der Waals surface area contributed by atoms with Gasteiger partial charge in [0.1, 0.15) is 19.0 Å². The predicted molar refractivity (Wildman–Crippen MR) is 320 cm³/mol. The molecule has 0 aromatic carbocycles. The highest BCUT2D eigenvalue weighted by molar-refractivity contribution is 5.81. The van der Waals surface area contributed by atoms with Crippen LogP contribution in [-0.4, -0.2) is 101 Å². The van der Waals surface area contributed by atoms with E-state index in [0.717, 1.165) is 193 Å². The molecule has 4 N–H and O–H groups in total. The minimum atomic E-state index is -0.923. The Morgan fingerprint density at radius 2 is 0.608 bits per heavy atom. The van der Waals surface area contributed by atoms with Gasteiger partial charge in [0, 0.05) is 32.1 Å². The average Bonchev–Trinajstić information content (AvgIpc) is 3.42. The number of aliphatic hydroxyl groups excluding tert-OH is 3. The Hall–Kier alpha value is -2.61. The highest BCUT2D eigenvalue weighted by atomic mass is 16.6. The molecule has 0 radical (unpaired) electrons. The summed E-state index contributed by atoms with van der Waals surface area (Å²) >= 11 is 0. The first kappa shape index (κ1) is 76.4. The van der Waals surface area contributed by atoms with Crippen LogP contribution in [-0.2, 0) is 42.9 Å². The fourth-order valence-electron chi connectivity index (χ4n) is 10.2. The van der Waals surface area contributed by atoms with Crippen LogP contribution in [0.4, 0.5) is 0 Å². The molecule has 0 aliphatic carbocycles. The summed E-state index contributed by atoms with van der Waals surface area (Å²) in [6.07, 6.45) is 44.4. The quantitative estimate of drug-likeness (QED) is 0.0255. The van der Waals surface area contributed by atoms with Gasteiger partial charge in [0.15, 0.2) is 6.10 Å². The lowest BCUT2D eigenvalue weighted by molar-refractivity contribution is -0.164. The Bertz CT molecular complexity index is 1390. The summed E-state index contributed by atoms with van der Waals surface area (Å²) in [6, 6.07) is 0. The summed E-state index contributed by atoms with van der Waals surface area (Å²) in [6.45, 7) is 6.09. The van der Waals surface area contributed by atoms with Crippen LogP contribution in [0.25, 0.3) is 0 Å². The van der Waals surface area contributed by atoms with Crippen molar-refractivity contribution in [1.82, 2.24) is 0 Å². The summed E-state index contributed by atoms with van der Waals surface area (Å²) < 4.78 is 23.1. The van der Waals surface area contributed by atoms with Gasteiger partial charge in [-0.05, 0) is 70.6 Å². The maximum atomic E-state index is 13.6. The fraction of sp³-hybridized carbons (Fsp3) is 0.924. The SMILES string of the molecule is CCCCCCC(O)CCCCCCCCCCC(=O)OCC(COCC(COC(=O)CCCCC(=O)O)C(=O)CCCCCCCCCCC(O)CCCCCC)OC(=O)CCCCCCCCCCC(O)CCCCCC. The van der Waals surface area contributed by atoms with Gasteiger partial charge in [-0.15, -0.1) is 0 Å². The maximum Gasteiger partial charge on any atom is 0.306 e. The fourth-order valence-corrected chi connectivity index (χ4v) is 10.2. The van der Waals surface area contributed by atoms with Gasteiger partial charge in [-0.3, -0.25) is 24.0 Å². The molecular weight excluding hydrogens is 1000 g/mol. The molecule has 0 rings (SSSR count). The number of carbonyl (C=O) groups is 5. The zero-order chi connectivity index (χ0) is 58.1. The Morgan fingerprint density at radius 1 is 0.316 bits per heavy atom. The first-order valence-corrected chi connectivity index (χ1v) is 33.3. The molecule has 0 spiro atoms. The number of esters is 3. The first-order valence-electron chi connectivity index (χ1n) is 33.3. The number of rotatable bonds is 63. The van der Waals surface area contributed by atoms with Crippen LogP contribution in [0.1, 0.15) is 335 Å². The Balaban J connectivity index is 5.15. The molecule has 79 heavy (non-hydrogen) atoms. The Kier molecular flexibility index (Phi) is 56.6. The second-order valence-corrected chi connectivity index (χ2v) is 23.4. The first-order chi connectivity index (χ1) is 38.4. The largest absolute Gasteiger partial charge is 0.481 e. The van der Waals surface area contributed by atoms with E-state index in [1.54, 1.807) is 0 Å². The van der Waals surface area contributed by atoms with Crippen molar-refractivity contribution in [1.29, 1.82) is 0 Å². The van der Waals surface area contributed by atoms with Gasteiger partial charge in [0.25, 0.3) is 0 Å². The maximum absolute atomic E-state index is 13.6. The molecule has 0 fully saturated rings. The summed E-state index contributed by atoms with van der Waals surface area (Å²) in [5.74, 6) is -3.00. The van der Waals surface area contributed by atoms with Crippen LogP contribution in [0.15, 0.2) is 0 Å². The molecule has 13 heteroatoms. The number of ketones is 1. The van der Waals surface area contributed by atoms with E-state index in [2.05, 4.69) is 20.8 Å². The molecule has 0 saturated heterocycles. The molecule has 13 nitrogen and oxygen atoms in total. The highest BCUT2D eigenvalue weighted by Gasteiger charge is 2.24. The third-order valence-corrected chi connectivity index (χ3v) is 15.5. The van der Waals surface area contributed by atoms with Crippen LogP contribution in [0.2, 0.25) is 0 Å². The zero-order valence-corrected chi connectivity index (χ0v) is 51.3. The van der Waals surface area contributed by atoms with Crippen LogP contribution in [0.3, 0.4) is 0 Å². The highest BCUT2D eigenvalue weighted by Crippen LogP contribution is 2.19. The number of carbonyl (C=O) groups excluding carboxylic acids is 4. The molecule has 0 heterocycles. The van der Waals surface area contributed by atoms with E-state index in [1.807, 2.05) is 0 Å². The molecule has 0 aliphatic rings. The van der Waals surface area contributed by atoms with Crippen LogP contribution >= 0.6 is 0 Å². The van der Waals surface area contributed by atoms with Crippen molar-refractivity contribution in [2.24, 2.45) is 5.92 Å². The summed E-state index contributed by atoms with van der Waals surface area (Å²) in [7, 11) is 0. The van der Waals surface area contributed by atoms with E-state index in [0.29, 0.717) is 38.5 Å². The number of carboxylic acids is 1. The molecule has 0 aliphatic heterocycles. The van der Waals surface area contributed by atoms with Crippen molar-refractivity contribution < 1.29 is 63.3 Å². The summed E-state index contributed by atoms with van der Waals surface area (Å²) in [5, 5.41) is 39.7. The third kappa shape index (κ3) is 55.7. The second kappa shape index (κ2) is 58.6. The van der Waals surface area contributed by atoms with Crippen molar-refractivity contribution in [3.63, 3.8) is 0 Å². The molecule has 0 amide bonds. The summed E-state index contributed by atoms with van der Waals surface area (Å²) in [4.78, 5) is 63.3. The van der Waals surface area contributed by atoms with Gasteiger partial charge < -0.3 is 39.4 Å². The monoisotopic (exact) mass is 1120 g/mol. The van der Waals surface area contributed by atoms with Crippen molar-refractivity contribution in [2.75, 3.05) is 26.4 Å². The minimum Gasteiger partial charge on any atom is -0.481 e. The number of hydrogen-bond acceptors (Lipinski definition) is 12. The molecular formula is C66H124O13. The molecule has 0 saturated carbocycles. The predicted octanol–water partition coefficient (Wildman–Crippen LogP) is 16.5. The van der Waals surface area contributed by atoms with E-state index in [1.165, 1.54) is 57.8 Å². The minimum absolute atomic E-state index is 0.0345. The Morgan fingerprint density at radius 3 is 0.975 bits per heavy atom. The third-order valence-electron chi connectivity index (χ3n) is 15.5. The normalized spacial score (nSPS) is 13.4. The van der Waals surface area contributed by atoms with E-state index < -0.39 is 29.9 Å². The standard InChI is InChI=1S/C66H124O13/c1-4-7-10-31-42-58(67)45-34-25-19-13-16-22-28-37-48-62(70)57(54-77-64(73)51-41-40-49-63(71)72)53-76-55-61(79-66(75)52-39-30-24-18-15-21-27-36-47-60(69)44-33-12-9-6-3)56-78-65(74)50-38-29-23-17-14-20-26-35-46-59(68)43-32-11-8-5-2/h57-61,67-69H,4-56H2,1-3H3,(H,71,72). The van der Waals surface area contributed by atoms with Gasteiger partial charge in [-0.2, -0.15) is 0 Å². The topological polar surface area (TPSA) is 203 Å². The summed E-state index contributed by atoms with van der Waals surface area (Å²) in [5.41, 5.74) is 0. The molecule has 0 bridgehead atoms. The van der Waals surface area contributed by atoms with Crippen molar-refractivity contribution >= 4 is 29.7 Å². The number of aliphatic carboxylic acids is 1. The van der Waals surface area contributed by atoms with Gasteiger partial charge in [0.2, 0.25) is 0 Å². The van der Waals surface area contributed by atoms with E-state index >= 15 is 0 Å². The van der Waals surface area contributed by atoms with Crippen molar-refractivity contribution in [3.05, 3.63) is 0 Å². The lowest BCUT2D eigenvalue weighted by Gasteiger charge is -2.21. The van der Waals surface area contributed by atoms with E-state index in [4.69, 9.17) is 24.1 Å². The smallest absolute Gasteiger partial charge is 0.306 e. The number of ether oxygens (including phenoxy) is 4. The van der Waals surface area contributed by atoms with Crippen LogP contribution in [0.5, 0.6) is 0 Å². The molecule has 0 aromatic heterocycles. The van der Waals surface area contributed by atoms with Crippen molar-refractivity contribution in [2.45, 2.75) is 360 Å². The van der Waals surface area contributed by atoms with Crippen LogP contribution < -0.4 is 0 Å². The number of aliphatic hydroxyl groups is 3. The average molecular weight is 1130 g/mol. The van der Waals surface area contributed by atoms with Gasteiger partial charge >= 0.3 is 23.9 Å². The van der Waals surface area contributed by atoms with Gasteiger partial charge in [-0.25, -0.2) is 0 Å². The number of carboxylic acid groups (broad SMARTS) is 1. The Labute approximate surface area is 483 Å². The van der Waals surface area contributed by atoms with Crippen LogP contribution in [0, 0.1) is 5.92 Å². The number of hydrogen-bond donors (Lipinski definition) is 4. The lowest BCUT2D eigenvalue weighted by atomic mass is 9.99. The van der Waals surface area contributed by atoms with Gasteiger partial charge in [-0.1, -0.05) is 233 Å². The molecule has 466 valence electrons. The molecule has 5 unspecified atom stereocenters. The van der Waals surface area contributed by atoms with E-state index in [-0.39, 0.29) is 82.2 Å². The second-order valence-electron chi connectivity index (χ2n) is 23.4. The molecule has 0 aromatic rings. The van der Waals surface area contributed by atoms with E-state index in [9.17, 15) is 39.3 Å². The van der Waals surface area contributed by atoms with Gasteiger partial charge in [0.05, 0.1) is 37.4 Å².